The van der Waals surface area contributed by atoms with Crippen LogP contribution in [0, 0.1) is 13.8 Å². The van der Waals surface area contributed by atoms with Crippen molar-refractivity contribution >= 4 is 29.3 Å². The van der Waals surface area contributed by atoms with Gasteiger partial charge in [0.05, 0.1) is 5.75 Å². The van der Waals surface area contributed by atoms with Gasteiger partial charge < -0.3 is 10.4 Å². The minimum atomic E-state index is -0.821. The standard InChI is InChI=1S/C17H19N3O3S/c1-11-9-12(2)19-17(18-11)24-10-15(21)20-14-6-3-13(4-7-14)5-8-16(22)23/h3-4,6-7,9H,5,8,10H2,1-2H3,(H,20,21)(H,22,23). The molecule has 0 aliphatic heterocycles. The van der Waals surface area contributed by atoms with Crippen LogP contribution in [-0.2, 0) is 16.0 Å². The number of nitrogens with one attached hydrogen (secondary N) is 1. The molecule has 1 amide bonds. The molecule has 2 N–H and O–H groups in total. The first-order valence-electron chi connectivity index (χ1n) is 7.48. The largest absolute Gasteiger partial charge is 0.481 e. The monoisotopic (exact) mass is 345 g/mol. The Kier molecular flexibility index (Phi) is 6.31. The van der Waals surface area contributed by atoms with Crippen molar-refractivity contribution in [3.8, 4) is 0 Å². The van der Waals surface area contributed by atoms with E-state index in [2.05, 4.69) is 15.3 Å². The maximum absolute atomic E-state index is 12.0. The summed E-state index contributed by atoms with van der Waals surface area (Å²) in [5, 5.41) is 12.1. The third-order valence-corrected chi connectivity index (χ3v) is 4.01. The number of anilines is 1. The highest BCUT2D eigenvalue weighted by Gasteiger charge is 2.07. The van der Waals surface area contributed by atoms with Crippen molar-refractivity contribution in [3.63, 3.8) is 0 Å². The van der Waals surface area contributed by atoms with E-state index in [9.17, 15) is 9.59 Å². The van der Waals surface area contributed by atoms with Crippen LogP contribution in [0.3, 0.4) is 0 Å². The molecule has 1 aromatic heterocycles. The molecule has 0 radical (unpaired) electrons. The molecule has 2 rings (SSSR count). The highest BCUT2D eigenvalue weighted by atomic mass is 32.2. The van der Waals surface area contributed by atoms with Crippen LogP contribution in [0.2, 0.25) is 0 Å². The van der Waals surface area contributed by atoms with Crippen LogP contribution in [-0.4, -0.2) is 32.7 Å². The lowest BCUT2D eigenvalue weighted by Crippen LogP contribution is -2.14. The molecule has 24 heavy (non-hydrogen) atoms. The Hall–Kier alpha value is -2.41. The predicted molar refractivity (Wildman–Crippen MR) is 93.3 cm³/mol. The van der Waals surface area contributed by atoms with Crippen molar-refractivity contribution in [1.29, 1.82) is 0 Å². The highest BCUT2D eigenvalue weighted by molar-refractivity contribution is 7.99. The molecule has 0 spiro atoms. The van der Waals surface area contributed by atoms with E-state index >= 15 is 0 Å². The number of carboxylic acid groups (broad SMARTS) is 1. The molecule has 2 aromatic rings. The number of carbonyl (C=O) groups is 2. The van der Waals surface area contributed by atoms with Crippen LogP contribution in [0.1, 0.15) is 23.4 Å². The second kappa shape index (κ2) is 8.44. The number of carbonyl (C=O) groups excluding carboxylic acids is 1. The van der Waals surface area contributed by atoms with Gasteiger partial charge in [-0.25, -0.2) is 9.97 Å². The first-order valence-corrected chi connectivity index (χ1v) is 8.46. The summed E-state index contributed by atoms with van der Waals surface area (Å²) in [6, 6.07) is 9.06. The molecule has 0 unspecified atom stereocenters. The average Bonchev–Trinajstić information content (AvgIpc) is 2.51. The summed E-state index contributed by atoms with van der Waals surface area (Å²) >= 11 is 1.29. The molecule has 0 atom stereocenters. The fraction of sp³-hybridized carbons (Fsp3) is 0.294. The van der Waals surface area contributed by atoms with E-state index in [4.69, 9.17) is 5.11 Å². The van der Waals surface area contributed by atoms with Crippen molar-refractivity contribution in [1.82, 2.24) is 9.97 Å². The number of rotatable bonds is 7. The van der Waals surface area contributed by atoms with E-state index in [1.54, 1.807) is 12.1 Å². The Morgan fingerprint density at radius 2 is 1.75 bits per heavy atom. The summed E-state index contributed by atoms with van der Waals surface area (Å²) in [5.74, 6) is -0.733. The number of nitrogens with zero attached hydrogens (tertiary/aromatic N) is 2. The molecular weight excluding hydrogens is 326 g/mol. The van der Waals surface area contributed by atoms with Gasteiger partial charge in [0, 0.05) is 23.5 Å². The van der Waals surface area contributed by atoms with E-state index in [1.807, 2.05) is 32.0 Å². The molecule has 0 fully saturated rings. The van der Waals surface area contributed by atoms with Gasteiger partial charge in [-0.05, 0) is 44.0 Å². The van der Waals surface area contributed by atoms with Crippen molar-refractivity contribution in [3.05, 3.63) is 47.3 Å². The van der Waals surface area contributed by atoms with Gasteiger partial charge >= 0.3 is 5.97 Å². The Balaban J connectivity index is 1.84. The minimum absolute atomic E-state index is 0.0955. The van der Waals surface area contributed by atoms with Crippen LogP contribution in [0.5, 0.6) is 0 Å². The zero-order valence-corrected chi connectivity index (χ0v) is 14.4. The zero-order chi connectivity index (χ0) is 17.5. The minimum Gasteiger partial charge on any atom is -0.481 e. The fourth-order valence-electron chi connectivity index (χ4n) is 2.09. The Labute approximate surface area is 144 Å². The van der Waals surface area contributed by atoms with E-state index in [-0.39, 0.29) is 18.1 Å². The van der Waals surface area contributed by atoms with Gasteiger partial charge in [0.15, 0.2) is 5.16 Å². The maximum atomic E-state index is 12.0. The number of aromatic nitrogens is 2. The smallest absolute Gasteiger partial charge is 0.303 e. The van der Waals surface area contributed by atoms with E-state index < -0.39 is 5.97 Å². The SMILES string of the molecule is Cc1cc(C)nc(SCC(=O)Nc2ccc(CCC(=O)O)cc2)n1. The third-order valence-electron chi connectivity index (χ3n) is 3.16. The molecule has 126 valence electrons. The van der Waals surface area contributed by atoms with Crippen molar-refractivity contribution in [2.45, 2.75) is 31.8 Å². The van der Waals surface area contributed by atoms with E-state index in [0.29, 0.717) is 17.3 Å². The quantitative estimate of drug-likeness (QED) is 0.592. The summed E-state index contributed by atoms with van der Waals surface area (Å²) in [6.07, 6.45) is 0.571. The second-order valence-corrected chi connectivity index (χ2v) is 6.30. The van der Waals surface area contributed by atoms with Gasteiger partial charge in [0.2, 0.25) is 5.91 Å². The van der Waals surface area contributed by atoms with Gasteiger partial charge in [-0.2, -0.15) is 0 Å². The van der Waals surface area contributed by atoms with Crippen molar-refractivity contribution in [2.24, 2.45) is 0 Å². The van der Waals surface area contributed by atoms with Gasteiger partial charge in [-0.3, -0.25) is 9.59 Å². The Morgan fingerprint density at radius 1 is 1.12 bits per heavy atom. The lowest BCUT2D eigenvalue weighted by molar-refractivity contribution is -0.137. The van der Waals surface area contributed by atoms with Crippen LogP contribution in [0.15, 0.2) is 35.5 Å². The van der Waals surface area contributed by atoms with Gasteiger partial charge in [0.1, 0.15) is 0 Å². The number of benzene rings is 1. The molecule has 1 aromatic carbocycles. The van der Waals surface area contributed by atoms with Crippen LogP contribution < -0.4 is 5.32 Å². The number of hydrogen-bond acceptors (Lipinski definition) is 5. The number of amides is 1. The number of hydrogen-bond donors (Lipinski definition) is 2. The van der Waals surface area contributed by atoms with Crippen LogP contribution in [0.25, 0.3) is 0 Å². The predicted octanol–water partition coefficient (Wildman–Crippen LogP) is 2.84. The second-order valence-electron chi connectivity index (χ2n) is 5.36. The molecular formula is C17H19N3O3S. The summed E-state index contributed by atoms with van der Waals surface area (Å²) in [5.41, 5.74) is 3.36. The number of thioether (sulfide) groups is 1. The van der Waals surface area contributed by atoms with Crippen LogP contribution >= 0.6 is 11.8 Å². The lowest BCUT2D eigenvalue weighted by atomic mass is 10.1. The molecule has 1 heterocycles. The van der Waals surface area contributed by atoms with Crippen molar-refractivity contribution in [2.75, 3.05) is 11.1 Å². The van der Waals surface area contributed by atoms with Gasteiger partial charge in [0.25, 0.3) is 0 Å². The molecule has 0 aliphatic rings. The van der Waals surface area contributed by atoms with Crippen LogP contribution in [0.4, 0.5) is 5.69 Å². The summed E-state index contributed by atoms with van der Waals surface area (Å²) in [6.45, 7) is 3.79. The summed E-state index contributed by atoms with van der Waals surface area (Å²) < 4.78 is 0. The summed E-state index contributed by atoms with van der Waals surface area (Å²) in [7, 11) is 0. The lowest BCUT2D eigenvalue weighted by Gasteiger charge is -2.06. The van der Waals surface area contributed by atoms with Crippen molar-refractivity contribution < 1.29 is 14.7 Å². The first kappa shape index (κ1) is 17.9. The van der Waals surface area contributed by atoms with Gasteiger partial charge in [-0.1, -0.05) is 23.9 Å². The molecule has 0 saturated heterocycles. The molecule has 0 saturated carbocycles. The normalized spacial score (nSPS) is 10.4. The van der Waals surface area contributed by atoms with E-state index in [1.165, 1.54) is 11.8 Å². The zero-order valence-electron chi connectivity index (χ0n) is 13.6. The topological polar surface area (TPSA) is 92.2 Å². The first-order chi connectivity index (χ1) is 11.4. The third kappa shape index (κ3) is 6.00. The fourth-order valence-corrected chi connectivity index (χ4v) is 2.84. The average molecular weight is 345 g/mol. The molecule has 6 nitrogen and oxygen atoms in total. The maximum Gasteiger partial charge on any atom is 0.303 e. The number of aliphatic carboxylic acids is 1. The molecule has 7 heteroatoms. The van der Waals surface area contributed by atoms with E-state index in [0.717, 1.165) is 17.0 Å². The Bertz CT molecular complexity index is 712. The Morgan fingerprint density at radius 3 is 2.33 bits per heavy atom. The molecule has 0 bridgehead atoms. The highest BCUT2D eigenvalue weighted by Crippen LogP contribution is 2.16. The van der Waals surface area contributed by atoms with Gasteiger partial charge in [-0.15, -0.1) is 0 Å². The number of carboxylic acids is 1. The number of aryl methyl sites for hydroxylation is 3. The molecule has 0 aliphatic carbocycles. The summed E-state index contributed by atoms with van der Waals surface area (Å²) in [4.78, 5) is 31.1.